The van der Waals surface area contributed by atoms with E-state index in [9.17, 15) is 28.1 Å². The molecule has 2 aromatic rings. The Kier molecular flexibility index (Phi) is 7.06. The fraction of sp³-hybridized carbons (Fsp3) is 0.211. The van der Waals surface area contributed by atoms with Crippen LogP contribution >= 0.6 is 11.8 Å². The van der Waals surface area contributed by atoms with Gasteiger partial charge in [-0.25, -0.2) is 0 Å². The van der Waals surface area contributed by atoms with Gasteiger partial charge in [0.15, 0.2) is 0 Å². The van der Waals surface area contributed by atoms with E-state index in [1.54, 1.807) is 19.1 Å². The van der Waals surface area contributed by atoms with Crippen molar-refractivity contribution < 1.29 is 22.9 Å². The number of thioether (sulfide) groups is 1. The number of hydrogen-bond acceptors (Lipinski definition) is 4. The lowest BCUT2D eigenvalue weighted by Gasteiger charge is -2.10. The van der Waals surface area contributed by atoms with Crippen LogP contribution in [0.3, 0.4) is 0 Å². The van der Waals surface area contributed by atoms with Gasteiger partial charge in [-0.05, 0) is 37.3 Å². The minimum Gasteiger partial charge on any atom is -0.344 e. The smallest absolute Gasteiger partial charge is 0.344 e. The molecule has 2 rings (SSSR count). The maximum atomic E-state index is 12.7. The highest BCUT2D eigenvalue weighted by Crippen LogP contribution is 2.29. The van der Waals surface area contributed by atoms with E-state index >= 15 is 0 Å². The summed E-state index contributed by atoms with van der Waals surface area (Å²) in [5, 5.41) is 12.7. The van der Waals surface area contributed by atoms with Crippen molar-refractivity contribution in [2.45, 2.75) is 23.2 Å². The maximum absolute atomic E-state index is 12.7. The molecular formula is C19H15F3N2O3S. The predicted octanol–water partition coefficient (Wildman–Crippen LogP) is 4.26. The van der Waals surface area contributed by atoms with E-state index < -0.39 is 21.9 Å². The number of rotatable bonds is 5. The van der Waals surface area contributed by atoms with Gasteiger partial charge in [0, 0.05) is 22.6 Å². The number of benzene rings is 2. The predicted molar refractivity (Wildman–Crippen MR) is 99.7 cm³/mol. The number of carbonyl (C=O) groups excluding carboxylic acids is 1. The van der Waals surface area contributed by atoms with Crippen LogP contribution in [0.4, 0.5) is 18.9 Å². The number of non-ortho nitro benzene ring substituents is 1. The molecule has 1 unspecified atom stereocenters. The summed E-state index contributed by atoms with van der Waals surface area (Å²) in [5.74, 6) is 4.89. The van der Waals surface area contributed by atoms with Crippen LogP contribution in [0.2, 0.25) is 0 Å². The van der Waals surface area contributed by atoms with Gasteiger partial charge in [0.05, 0.1) is 22.3 Å². The van der Waals surface area contributed by atoms with E-state index in [2.05, 4.69) is 17.2 Å². The first-order valence-electron chi connectivity index (χ1n) is 8.02. The Morgan fingerprint density at radius 1 is 1.25 bits per heavy atom. The molecule has 28 heavy (non-hydrogen) atoms. The van der Waals surface area contributed by atoms with Gasteiger partial charge >= 0.3 is 6.18 Å². The van der Waals surface area contributed by atoms with E-state index in [0.717, 1.165) is 12.1 Å². The topological polar surface area (TPSA) is 72.2 Å². The summed E-state index contributed by atoms with van der Waals surface area (Å²) in [7, 11) is 0. The molecule has 0 saturated heterocycles. The van der Waals surface area contributed by atoms with Crippen molar-refractivity contribution in [3.8, 4) is 11.8 Å². The number of amides is 1. The summed E-state index contributed by atoms with van der Waals surface area (Å²) in [5.41, 5.74) is -0.611. The number of nitrogens with one attached hydrogen (secondary N) is 1. The van der Waals surface area contributed by atoms with Crippen LogP contribution in [0.1, 0.15) is 18.1 Å². The Balaban J connectivity index is 1.87. The first kappa shape index (κ1) is 21.3. The van der Waals surface area contributed by atoms with E-state index in [1.807, 2.05) is 0 Å². The van der Waals surface area contributed by atoms with Crippen molar-refractivity contribution in [2.75, 3.05) is 6.54 Å². The minimum absolute atomic E-state index is 0.0137. The van der Waals surface area contributed by atoms with Crippen LogP contribution in [0.25, 0.3) is 0 Å². The zero-order chi connectivity index (χ0) is 20.7. The number of hydrogen-bond donors (Lipinski definition) is 1. The third-order valence-electron chi connectivity index (χ3n) is 3.50. The quantitative estimate of drug-likeness (QED) is 0.347. The molecule has 1 atom stereocenters. The Labute approximate surface area is 163 Å². The van der Waals surface area contributed by atoms with Gasteiger partial charge in [-0.3, -0.25) is 14.9 Å². The first-order chi connectivity index (χ1) is 13.2. The number of nitro groups is 1. The molecule has 1 N–H and O–H groups in total. The average molecular weight is 408 g/mol. The summed E-state index contributed by atoms with van der Waals surface area (Å²) in [6.07, 6.45) is -4.43. The van der Waals surface area contributed by atoms with Crippen LogP contribution in [0, 0.1) is 22.0 Å². The number of alkyl halides is 3. The van der Waals surface area contributed by atoms with Crippen molar-refractivity contribution in [2.24, 2.45) is 0 Å². The summed E-state index contributed by atoms with van der Waals surface area (Å²) < 4.78 is 38.0. The molecule has 0 aliphatic rings. The molecule has 0 aliphatic carbocycles. The van der Waals surface area contributed by atoms with Gasteiger partial charge in [-0.2, -0.15) is 13.2 Å². The van der Waals surface area contributed by atoms with Crippen molar-refractivity contribution in [3.63, 3.8) is 0 Å². The Morgan fingerprint density at radius 3 is 2.54 bits per heavy atom. The van der Waals surface area contributed by atoms with Crippen LogP contribution < -0.4 is 5.32 Å². The van der Waals surface area contributed by atoms with Gasteiger partial charge < -0.3 is 5.32 Å². The minimum atomic E-state index is -4.43. The maximum Gasteiger partial charge on any atom is 0.416 e. The molecule has 1 amide bonds. The Hall–Kier alpha value is -2.99. The highest BCUT2D eigenvalue weighted by atomic mass is 32.2. The van der Waals surface area contributed by atoms with Crippen LogP contribution in [-0.4, -0.2) is 22.6 Å². The number of carbonyl (C=O) groups is 1. The largest absolute Gasteiger partial charge is 0.416 e. The molecule has 2 aromatic carbocycles. The van der Waals surface area contributed by atoms with Gasteiger partial charge in [-0.1, -0.05) is 17.9 Å². The fourth-order valence-electron chi connectivity index (χ4n) is 2.10. The lowest BCUT2D eigenvalue weighted by molar-refractivity contribution is -0.384. The molecule has 0 aliphatic heterocycles. The second kappa shape index (κ2) is 9.28. The molecule has 9 heteroatoms. The van der Waals surface area contributed by atoms with E-state index in [1.165, 1.54) is 36.0 Å². The van der Waals surface area contributed by atoms with Crippen LogP contribution in [0.15, 0.2) is 53.4 Å². The molecule has 0 aromatic heterocycles. The fourth-order valence-corrected chi connectivity index (χ4v) is 2.99. The molecular weight excluding hydrogens is 393 g/mol. The van der Waals surface area contributed by atoms with E-state index in [-0.39, 0.29) is 23.7 Å². The molecule has 0 spiro atoms. The molecule has 0 fully saturated rings. The van der Waals surface area contributed by atoms with Crippen LogP contribution in [0.5, 0.6) is 0 Å². The Bertz CT molecular complexity index is 919. The van der Waals surface area contributed by atoms with Gasteiger partial charge in [0.2, 0.25) is 5.91 Å². The second-order valence-electron chi connectivity index (χ2n) is 5.61. The number of nitro benzene ring substituents is 1. The number of halogens is 3. The van der Waals surface area contributed by atoms with Crippen molar-refractivity contribution >= 4 is 23.4 Å². The molecule has 0 heterocycles. The third-order valence-corrected chi connectivity index (χ3v) is 4.62. The highest BCUT2D eigenvalue weighted by molar-refractivity contribution is 8.00. The summed E-state index contributed by atoms with van der Waals surface area (Å²) in [4.78, 5) is 22.9. The van der Waals surface area contributed by atoms with Crippen molar-refractivity contribution in [3.05, 3.63) is 69.8 Å². The van der Waals surface area contributed by atoms with Crippen molar-refractivity contribution in [1.82, 2.24) is 5.32 Å². The Morgan fingerprint density at radius 2 is 1.93 bits per heavy atom. The summed E-state index contributed by atoms with van der Waals surface area (Å²) in [6.45, 7) is 1.65. The van der Waals surface area contributed by atoms with Gasteiger partial charge in [-0.15, -0.1) is 11.8 Å². The zero-order valence-corrected chi connectivity index (χ0v) is 15.4. The lowest BCUT2D eigenvalue weighted by atomic mass is 10.1. The summed E-state index contributed by atoms with van der Waals surface area (Å²) >= 11 is 1.22. The molecule has 0 radical (unpaired) electrons. The van der Waals surface area contributed by atoms with Crippen LogP contribution in [-0.2, 0) is 11.0 Å². The van der Waals surface area contributed by atoms with Gasteiger partial charge in [0.25, 0.3) is 5.69 Å². The monoisotopic (exact) mass is 408 g/mol. The van der Waals surface area contributed by atoms with Crippen molar-refractivity contribution in [1.29, 1.82) is 0 Å². The summed E-state index contributed by atoms with van der Waals surface area (Å²) in [6, 6.07) is 10.5. The second-order valence-corrected chi connectivity index (χ2v) is 7.02. The zero-order valence-electron chi connectivity index (χ0n) is 14.6. The molecule has 0 saturated carbocycles. The SMILES string of the molecule is CC(Sc1ccc([N+](=O)[O-])cc1)C(=O)NCC#Cc1cccc(C(F)(F)F)c1. The van der Waals surface area contributed by atoms with Gasteiger partial charge in [0.1, 0.15) is 0 Å². The highest BCUT2D eigenvalue weighted by Gasteiger charge is 2.30. The molecule has 0 bridgehead atoms. The third kappa shape index (κ3) is 6.32. The number of nitrogens with zero attached hydrogens (tertiary/aromatic N) is 1. The first-order valence-corrected chi connectivity index (χ1v) is 8.90. The van der Waals surface area contributed by atoms with E-state index in [0.29, 0.717) is 4.90 Å². The lowest BCUT2D eigenvalue weighted by Crippen LogP contribution is -2.31. The average Bonchev–Trinajstić information content (AvgIpc) is 2.65. The van der Waals surface area contributed by atoms with E-state index in [4.69, 9.17) is 0 Å². The molecule has 146 valence electrons. The standard InChI is InChI=1S/C19H15F3N2O3S/c1-13(28-17-9-7-16(8-10-17)24(26)27)18(25)23-11-3-5-14-4-2-6-15(12-14)19(20,21)22/h2,4,6-10,12-13H,11H2,1H3,(H,23,25). The molecule has 5 nitrogen and oxygen atoms in total. The normalized spacial score (nSPS) is 11.9.